The van der Waals surface area contributed by atoms with Crippen molar-refractivity contribution in [2.45, 2.75) is 19.9 Å². The van der Waals surface area contributed by atoms with Gasteiger partial charge in [-0.25, -0.2) is 14.2 Å². The molecule has 7 heteroatoms. The van der Waals surface area contributed by atoms with Gasteiger partial charge in [-0.05, 0) is 49.1 Å². The molecule has 0 bridgehead atoms. The first-order valence-electron chi connectivity index (χ1n) is 8.76. The second-order valence-corrected chi connectivity index (χ2v) is 6.19. The van der Waals surface area contributed by atoms with E-state index in [2.05, 4.69) is 10.3 Å². The smallest absolute Gasteiger partial charge is 0.405 e. The second-order valence-electron chi connectivity index (χ2n) is 6.19. The number of ketones is 1. The van der Waals surface area contributed by atoms with Gasteiger partial charge in [0.1, 0.15) is 5.82 Å². The summed E-state index contributed by atoms with van der Waals surface area (Å²) in [6, 6.07) is 10.3. The zero-order chi connectivity index (χ0) is 20.3. The summed E-state index contributed by atoms with van der Waals surface area (Å²) in [7, 11) is 0. The maximum absolute atomic E-state index is 14.7. The summed E-state index contributed by atoms with van der Waals surface area (Å²) in [6.07, 6.45) is 0.338. The molecule has 0 saturated carbocycles. The predicted octanol–water partition coefficient (Wildman–Crippen LogP) is 4.33. The fourth-order valence-corrected chi connectivity index (χ4v) is 3.03. The molecule has 2 N–H and O–H groups in total. The van der Waals surface area contributed by atoms with Crippen LogP contribution in [-0.4, -0.2) is 28.6 Å². The summed E-state index contributed by atoms with van der Waals surface area (Å²) in [5.41, 5.74) is 0.676. The Labute approximate surface area is 161 Å². The van der Waals surface area contributed by atoms with Gasteiger partial charge in [-0.2, -0.15) is 0 Å². The van der Waals surface area contributed by atoms with Gasteiger partial charge in [0, 0.05) is 17.1 Å². The zero-order valence-corrected chi connectivity index (χ0v) is 15.4. The van der Waals surface area contributed by atoms with Crippen LogP contribution in [0.1, 0.15) is 41.4 Å². The van der Waals surface area contributed by atoms with Gasteiger partial charge in [0.15, 0.2) is 5.78 Å². The number of aromatic nitrogens is 1. The third kappa shape index (κ3) is 3.78. The minimum Gasteiger partial charge on any atom is -0.478 e. The van der Waals surface area contributed by atoms with Gasteiger partial charge >= 0.3 is 6.09 Å². The molecule has 144 valence electrons. The van der Waals surface area contributed by atoms with E-state index in [1.807, 2.05) is 6.92 Å². The first kappa shape index (κ1) is 19.3. The Kier molecular flexibility index (Phi) is 5.54. The van der Waals surface area contributed by atoms with Crippen molar-refractivity contribution < 1.29 is 23.8 Å². The maximum Gasteiger partial charge on any atom is 0.405 e. The molecule has 0 fully saturated rings. The van der Waals surface area contributed by atoms with Crippen LogP contribution < -0.4 is 10.1 Å². The van der Waals surface area contributed by atoms with Crippen molar-refractivity contribution in [1.29, 1.82) is 0 Å². The highest BCUT2D eigenvalue weighted by molar-refractivity contribution is 6.17. The average Bonchev–Trinajstić information content (AvgIpc) is 2.67. The number of carbonyl (C=O) groups is 2. The third-order valence-electron chi connectivity index (χ3n) is 4.37. The topological polar surface area (TPSA) is 88.5 Å². The molecule has 0 aliphatic heterocycles. The van der Waals surface area contributed by atoms with Crippen LogP contribution >= 0.6 is 0 Å². The lowest BCUT2D eigenvalue weighted by atomic mass is 9.96. The number of amides is 1. The van der Waals surface area contributed by atoms with Crippen molar-refractivity contribution in [3.63, 3.8) is 0 Å². The van der Waals surface area contributed by atoms with E-state index in [9.17, 15) is 14.0 Å². The molecule has 0 aliphatic rings. The van der Waals surface area contributed by atoms with Crippen molar-refractivity contribution in [3.05, 3.63) is 71.2 Å². The molecule has 28 heavy (non-hydrogen) atoms. The molecule has 0 aliphatic carbocycles. The highest BCUT2D eigenvalue weighted by atomic mass is 19.1. The fourth-order valence-electron chi connectivity index (χ4n) is 3.03. The minimum atomic E-state index is -1.21. The largest absolute Gasteiger partial charge is 0.478 e. The number of halogens is 1. The number of benzene rings is 2. The first-order valence-corrected chi connectivity index (χ1v) is 8.76. The molecular formula is C21H19FN2O4. The molecular weight excluding hydrogens is 363 g/mol. The highest BCUT2D eigenvalue weighted by Gasteiger charge is 2.19. The predicted molar refractivity (Wildman–Crippen MR) is 102 cm³/mol. The molecule has 1 heterocycles. The molecule has 3 aromatic rings. The number of nitrogens with zero attached hydrogens (tertiary/aromatic N) is 1. The molecule has 1 unspecified atom stereocenters. The number of nitrogens with one attached hydrogen (secondary N) is 1. The minimum absolute atomic E-state index is 0.0893. The summed E-state index contributed by atoms with van der Waals surface area (Å²) in [5, 5.41) is 12.3. The van der Waals surface area contributed by atoms with Gasteiger partial charge in [0.25, 0.3) is 0 Å². The van der Waals surface area contributed by atoms with Gasteiger partial charge < -0.3 is 15.2 Å². The third-order valence-corrected chi connectivity index (χ3v) is 4.37. The van der Waals surface area contributed by atoms with E-state index in [0.29, 0.717) is 34.4 Å². The highest BCUT2D eigenvalue weighted by Crippen LogP contribution is 2.28. The molecule has 2 aromatic carbocycles. The van der Waals surface area contributed by atoms with E-state index in [1.165, 1.54) is 18.2 Å². The summed E-state index contributed by atoms with van der Waals surface area (Å²) < 4.78 is 20.2. The standard InChI is InChI=1S/C21H19FN2O4/c1-3-28-20-16-6-4-5-15(14(16)9-10-23-20)19(25)17-8-7-13(11-18(17)22)12(2)24-21(26)27/h4-12,24H,3H2,1-2H3,(H,26,27). The molecule has 0 saturated heterocycles. The number of fused-ring (bicyclic) bond motifs is 1. The van der Waals surface area contributed by atoms with E-state index in [-0.39, 0.29) is 5.56 Å². The van der Waals surface area contributed by atoms with Crippen LogP contribution in [0.15, 0.2) is 48.7 Å². The maximum atomic E-state index is 14.7. The van der Waals surface area contributed by atoms with Crippen molar-refractivity contribution >= 4 is 22.6 Å². The van der Waals surface area contributed by atoms with E-state index in [4.69, 9.17) is 9.84 Å². The summed E-state index contributed by atoms with van der Waals surface area (Å²) in [6.45, 7) is 3.87. The van der Waals surface area contributed by atoms with Crippen molar-refractivity contribution in [2.75, 3.05) is 6.61 Å². The lowest BCUT2D eigenvalue weighted by Gasteiger charge is -2.13. The van der Waals surface area contributed by atoms with Gasteiger partial charge in [0.2, 0.25) is 5.88 Å². The number of carbonyl (C=O) groups excluding carboxylic acids is 1. The molecule has 3 rings (SSSR count). The van der Waals surface area contributed by atoms with Crippen LogP contribution in [0.5, 0.6) is 5.88 Å². The van der Waals surface area contributed by atoms with Crippen molar-refractivity contribution in [1.82, 2.24) is 10.3 Å². The van der Waals surface area contributed by atoms with Gasteiger partial charge in [-0.3, -0.25) is 4.79 Å². The normalized spacial score (nSPS) is 11.8. The van der Waals surface area contributed by atoms with Crippen LogP contribution in [0.3, 0.4) is 0 Å². The lowest BCUT2D eigenvalue weighted by molar-refractivity contribution is 0.103. The van der Waals surface area contributed by atoms with E-state index in [0.717, 1.165) is 0 Å². The molecule has 0 spiro atoms. The van der Waals surface area contributed by atoms with Crippen LogP contribution in [0, 0.1) is 5.82 Å². The zero-order valence-electron chi connectivity index (χ0n) is 15.4. The van der Waals surface area contributed by atoms with Crippen molar-refractivity contribution in [3.8, 4) is 5.88 Å². The number of carboxylic acid groups (broad SMARTS) is 1. The number of pyridine rings is 1. The lowest BCUT2D eigenvalue weighted by Crippen LogP contribution is -2.24. The molecule has 1 atom stereocenters. The van der Waals surface area contributed by atoms with Gasteiger partial charge in [0.05, 0.1) is 18.2 Å². The molecule has 1 amide bonds. The average molecular weight is 382 g/mol. The van der Waals surface area contributed by atoms with Crippen LogP contribution in [0.4, 0.5) is 9.18 Å². The quantitative estimate of drug-likeness (QED) is 0.620. The first-order chi connectivity index (χ1) is 13.4. The van der Waals surface area contributed by atoms with Gasteiger partial charge in [-0.1, -0.05) is 18.2 Å². The van der Waals surface area contributed by atoms with Crippen LogP contribution in [0.25, 0.3) is 10.8 Å². The number of ether oxygens (including phenoxy) is 1. The Hall–Kier alpha value is -3.48. The van der Waals surface area contributed by atoms with Gasteiger partial charge in [-0.15, -0.1) is 0 Å². The van der Waals surface area contributed by atoms with E-state index < -0.39 is 23.7 Å². The fraction of sp³-hybridized carbons (Fsp3) is 0.190. The number of rotatable bonds is 6. The Morgan fingerprint density at radius 2 is 1.96 bits per heavy atom. The summed E-state index contributed by atoms with van der Waals surface area (Å²) >= 11 is 0. The summed E-state index contributed by atoms with van der Waals surface area (Å²) in [4.78, 5) is 27.9. The SMILES string of the molecule is CCOc1nccc2c(C(=O)c3ccc(C(C)NC(=O)O)cc3F)cccc12. The Morgan fingerprint density at radius 3 is 2.64 bits per heavy atom. The van der Waals surface area contributed by atoms with E-state index >= 15 is 0 Å². The monoisotopic (exact) mass is 382 g/mol. The molecule has 6 nitrogen and oxygen atoms in total. The number of hydrogen-bond acceptors (Lipinski definition) is 4. The summed E-state index contributed by atoms with van der Waals surface area (Å²) in [5.74, 6) is -0.765. The molecule has 1 aromatic heterocycles. The van der Waals surface area contributed by atoms with Crippen molar-refractivity contribution in [2.24, 2.45) is 0 Å². The van der Waals surface area contributed by atoms with Crippen LogP contribution in [0.2, 0.25) is 0 Å². The number of hydrogen-bond donors (Lipinski definition) is 2. The Bertz CT molecular complexity index is 1050. The van der Waals surface area contributed by atoms with Crippen LogP contribution in [-0.2, 0) is 0 Å². The van der Waals surface area contributed by atoms with E-state index in [1.54, 1.807) is 37.4 Å². The Morgan fingerprint density at radius 1 is 1.18 bits per heavy atom. The Balaban J connectivity index is 2.01. The molecule has 0 radical (unpaired) electrons. The second kappa shape index (κ2) is 8.04.